The van der Waals surface area contributed by atoms with E-state index in [-0.39, 0.29) is 11.7 Å². The highest BCUT2D eigenvalue weighted by Gasteiger charge is 2.48. The number of amides is 1. The highest BCUT2D eigenvalue weighted by Crippen LogP contribution is 2.43. The van der Waals surface area contributed by atoms with Gasteiger partial charge in [-0.3, -0.25) is 14.4 Å². The van der Waals surface area contributed by atoms with Crippen LogP contribution in [0.1, 0.15) is 36.2 Å². The third-order valence-corrected chi connectivity index (χ3v) is 4.24. The number of aliphatic carboxylic acids is 1. The summed E-state index contributed by atoms with van der Waals surface area (Å²) in [5.74, 6) is -2.12. The highest BCUT2D eigenvalue weighted by atomic mass is 16.4. The third-order valence-electron chi connectivity index (χ3n) is 4.24. The molecule has 5 heteroatoms. The Morgan fingerprint density at radius 2 is 2.00 bits per heavy atom. The Morgan fingerprint density at radius 3 is 2.60 bits per heavy atom. The lowest BCUT2D eigenvalue weighted by Gasteiger charge is -2.15. The standard InChI is InChI=1S/C15H15NO4/c1-15(2)10-5-7(3-4-11(10)16-14(15)20)12(17)8-6-9(8)13(18)19/h3-5,8-9H,6H2,1-2H3,(H,16,20)(H,18,19). The molecule has 0 saturated heterocycles. The molecule has 1 aromatic carbocycles. The van der Waals surface area contributed by atoms with Crippen molar-refractivity contribution in [2.75, 3.05) is 5.32 Å². The van der Waals surface area contributed by atoms with Crippen LogP contribution in [0, 0.1) is 11.8 Å². The number of fused-ring (bicyclic) bond motifs is 1. The number of carboxylic acid groups (broad SMARTS) is 1. The Balaban J connectivity index is 1.91. The topological polar surface area (TPSA) is 83.5 Å². The number of benzene rings is 1. The molecular weight excluding hydrogens is 258 g/mol. The summed E-state index contributed by atoms with van der Waals surface area (Å²) in [6, 6.07) is 5.08. The molecule has 1 amide bonds. The predicted octanol–water partition coefficient (Wildman–Crippen LogP) is 1.82. The second-order valence-corrected chi connectivity index (χ2v) is 5.99. The van der Waals surface area contributed by atoms with E-state index in [0.29, 0.717) is 12.0 Å². The van der Waals surface area contributed by atoms with Gasteiger partial charge in [0, 0.05) is 17.2 Å². The molecule has 3 rings (SSSR count). The Bertz CT molecular complexity index is 647. The summed E-state index contributed by atoms with van der Waals surface area (Å²) in [6.45, 7) is 3.61. The summed E-state index contributed by atoms with van der Waals surface area (Å²) in [5, 5.41) is 11.7. The molecule has 0 aromatic heterocycles. The smallest absolute Gasteiger partial charge is 0.307 e. The minimum atomic E-state index is -0.915. The van der Waals surface area contributed by atoms with Crippen LogP contribution in [0.15, 0.2) is 18.2 Å². The number of carboxylic acids is 1. The van der Waals surface area contributed by atoms with Crippen molar-refractivity contribution in [1.82, 2.24) is 0 Å². The first-order valence-corrected chi connectivity index (χ1v) is 6.55. The number of hydrogen-bond acceptors (Lipinski definition) is 3. The lowest BCUT2D eigenvalue weighted by molar-refractivity contribution is -0.138. The molecule has 0 bridgehead atoms. The van der Waals surface area contributed by atoms with Crippen molar-refractivity contribution in [3.63, 3.8) is 0 Å². The molecule has 1 saturated carbocycles. The van der Waals surface area contributed by atoms with Gasteiger partial charge in [0.25, 0.3) is 0 Å². The van der Waals surface area contributed by atoms with E-state index in [0.717, 1.165) is 11.3 Å². The van der Waals surface area contributed by atoms with Crippen LogP contribution < -0.4 is 5.32 Å². The number of hydrogen-bond donors (Lipinski definition) is 2. The molecule has 104 valence electrons. The largest absolute Gasteiger partial charge is 0.481 e. The fourth-order valence-corrected chi connectivity index (χ4v) is 2.70. The predicted molar refractivity (Wildman–Crippen MR) is 71.7 cm³/mol. The van der Waals surface area contributed by atoms with Crippen molar-refractivity contribution in [2.45, 2.75) is 25.7 Å². The van der Waals surface area contributed by atoms with Gasteiger partial charge in [0.1, 0.15) is 0 Å². The summed E-state index contributed by atoms with van der Waals surface area (Å²) in [7, 11) is 0. The van der Waals surface area contributed by atoms with Gasteiger partial charge in [-0.05, 0) is 44.0 Å². The minimum Gasteiger partial charge on any atom is -0.481 e. The molecule has 1 fully saturated rings. The van der Waals surface area contributed by atoms with Crippen LogP contribution in [0.5, 0.6) is 0 Å². The normalized spacial score (nSPS) is 25.8. The molecule has 20 heavy (non-hydrogen) atoms. The van der Waals surface area contributed by atoms with Crippen molar-refractivity contribution in [1.29, 1.82) is 0 Å². The average Bonchev–Trinajstić information content (AvgIpc) is 3.14. The van der Waals surface area contributed by atoms with E-state index in [2.05, 4.69) is 5.32 Å². The maximum atomic E-state index is 12.2. The summed E-state index contributed by atoms with van der Waals surface area (Å²) < 4.78 is 0. The Labute approximate surface area is 116 Å². The Kier molecular flexibility index (Phi) is 2.51. The number of anilines is 1. The first-order valence-electron chi connectivity index (χ1n) is 6.55. The van der Waals surface area contributed by atoms with Crippen LogP contribution in [0.4, 0.5) is 5.69 Å². The molecule has 2 aliphatic rings. The monoisotopic (exact) mass is 273 g/mol. The average molecular weight is 273 g/mol. The molecule has 0 radical (unpaired) electrons. The van der Waals surface area contributed by atoms with Gasteiger partial charge in [0.05, 0.1) is 11.3 Å². The zero-order valence-corrected chi connectivity index (χ0v) is 11.3. The van der Waals surface area contributed by atoms with E-state index < -0.39 is 23.2 Å². The van der Waals surface area contributed by atoms with Crippen molar-refractivity contribution in [3.8, 4) is 0 Å². The van der Waals surface area contributed by atoms with Crippen LogP contribution >= 0.6 is 0 Å². The van der Waals surface area contributed by atoms with Crippen LogP contribution in [-0.2, 0) is 15.0 Å². The molecule has 2 unspecified atom stereocenters. The van der Waals surface area contributed by atoms with Gasteiger partial charge in [-0.15, -0.1) is 0 Å². The van der Waals surface area contributed by atoms with Gasteiger partial charge in [0.2, 0.25) is 5.91 Å². The zero-order valence-electron chi connectivity index (χ0n) is 11.3. The summed E-state index contributed by atoms with van der Waals surface area (Å²) in [4.78, 5) is 34.9. The number of rotatable bonds is 3. The second kappa shape index (κ2) is 3.91. The Hall–Kier alpha value is -2.17. The van der Waals surface area contributed by atoms with Gasteiger partial charge >= 0.3 is 5.97 Å². The van der Waals surface area contributed by atoms with Crippen LogP contribution in [0.3, 0.4) is 0 Å². The fourth-order valence-electron chi connectivity index (χ4n) is 2.70. The molecule has 0 spiro atoms. The lowest BCUT2D eigenvalue weighted by Crippen LogP contribution is -2.27. The number of nitrogens with one attached hydrogen (secondary N) is 1. The van der Waals surface area contributed by atoms with Crippen molar-refractivity contribution in [3.05, 3.63) is 29.3 Å². The van der Waals surface area contributed by atoms with Crippen molar-refractivity contribution in [2.24, 2.45) is 11.8 Å². The molecule has 1 aromatic rings. The van der Waals surface area contributed by atoms with Gasteiger partial charge in [-0.25, -0.2) is 0 Å². The molecule has 1 heterocycles. The third kappa shape index (κ3) is 1.73. The summed E-state index contributed by atoms with van der Waals surface area (Å²) in [6.07, 6.45) is 0.409. The molecule has 1 aliphatic heterocycles. The molecule has 2 atom stereocenters. The number of carbonyl (C=O) groups is 3. The van der Waals surface area contributed by atoms with E-state index in [1.54, 1.807) is 32.0 Å². The fraction of sp³-hybridized carbons (Fsp3) is 0.400. The summed E-state index contributed by atoms with van der Waals surface area (Å²) >= 11 is 0. The van der Waals surface area contributed by atoms with Crippen LogP contribution in [0.25, 0.3) is 0 Å². The molecular formula is C15H15NO4. The van der Waals surface area contributed by atoms with E-state index in [1.165, 1.54) is 0 Å². The van der Waals surface area contributed by atoms with Crippen molar-refractivity contribution < 1.29 is 19.5 Å². The van der Waals surface area contributed by atoms with Crippen LogP contribution in [0.2, 0.25) is 0 Å². The van der Waals surface area contributed by atoms with Crippen molar-refractivity contribution >= 4 is 23.3 Å². The SMILES string of the molecule is CC1(C)C(=O)Nc2ccc(C(=O)C3CC3C(=O)O)cc21. The first-order chi connectivity index (χ1) is 9.32. The molecule has 1 aliphatic carbocycles. The zero-order chi connectivity index (χ0) is 14.7. The number of ketones is 1. The van der Waals surface area contributed by atoms with E-state index in [1.807, 2.05) is 0 Å². The second-order valence-electron chi connectivity index (χ2n) is 5.99. The lowest BCUT2D eigenvalue weighted by atomic mass is 9.85. The Morgan fingerprint density at radius 1 is 1.30 bits per heavy atom. The van der Waals surface area contributed by atoms with Gasteiger partial charge < -0.3 is 10.4 Å². The summed E-state index contributed by atoms with van der Waals surface area (Å²) in [5.41, 5.74) is 1.34. The van der Waals surface area contributed by atoms with Gasteiger partial charge in [0.15, 0.2) is 5.78 Å². The first kappa shape index (κ1) is 12.8. The van der Waals surface area contributed by atoms with Crippen LogP contribution in [-0.4, -0.2) is 22.8 Å². The van der Waals surface area contributed by atoms with E-state index in [9.17, 15) is 14.4 Å². The maximum absolute atomic E-state index is 12.2. The molecule has 2 N–H and O–H groups in total. The minimum absolute atomic E-state index is 0.0908. The highest BCUT2D eigenvalue weighted by molar-refractivity contribution is 6.08. The number of Topliss-reactive ketones (excluding diaryl/α,β-unsaturated/α-hetero) is 1. The van der Waals surface area contributed by atoms with E-state index in [4.69, 9.17) is 5.11 Å². The van der Waals surface area contributed by atoms with Gasteiger partial charge in [-0.1, -0.05) is 0 Å². The maximum Gasteiger partial charge on any atom is 0.307 e. The van der Waals surface area contributed by atoms with Gasteiger partial charge in [-0.2, -0.15) is 0 Å². The van der Waals surface area contributed by atoms with E-state index >= 15 is 0 Å². The molecule has 5 nitrogen and oxygen atoms in total. The number of carbonyl (C=O) groups excluding carboxylic acids is 2. The quantitative estimate of drug-likeness (QED) is 0.823.